The summed E-state index contributed by atoms with van der Waals surface area (Å²) < 4.78 is 18.1. The molecule has 0 saturated heterocycles. The fraction of sp³-hybridized carbons (Fsp3) is 0.345. The number of aromatic nitrogens is 2. The molecular weight excluding hydrogens is 425 g/mol. The molecule has 0 atom stereocenters. The lowest BCUT2D eigenvalue weighted by molar-refractivity contribution is 0.0922. The number of hydrogen-bond donors (Lipinski definition) is 1. The predicted molar refractivity (Wildman–Crippen MR) is 133 cm³/mol. The van der Waals surface area contributed by atoms with Crippen molar-refractivity contribution in [2.24, 2.45) is 0 Å². The van der Waals surface area contributed by atoms with Gasteiger partial charge in [-0.15, -0.1) is 0 Å². The molecule has 5 heteroatoms. The molecule has 0 bridgehead atoms. The Morgan fingerprint density at radius 1 is 0.882 bits per heavy atom. The fourth-order valence-electron chi connectivity index (χ4n) is 5.88. The first-order valence-electron chi connectivity index (χ1n) is 12.6. The van der Waals surface area contributed by atoms with Crippen LogP contribution >= 0.6 is 0 Å². The minimum atomic E-state index is -0.238. The molecule has 1 aliphatic heterocycles. The van der Waals surface area contributed by atoms with Crippen molar-refractivity contribution in [2.75, 3.05) is 0 Å². The molecule has 0 radical (unpaired) electrons. The number of nitrogens with zero attached hydrogens (tertiary/aromatic N) is 2. The Morgan fingerprint density at radius 3 is 2.41 bits per heavy atom. The quantitative estimate of drug-likeness (QED) is 0.369. The minimum absolute atomic E-state index is 0.00961. The Kier molecular flexibility index (Phi) is 5.48. The van der Waals surface area contributed by atoms with Crippen molar-refractivity contribution in [1.29, 1.82) is 0 Å². The van der Waals surface area contributed by atoms with Gasteiger partial charge in [0.2, 0.25) is 0 Å². The molecule has 2 aromatic carbocycles. The Bertz CT molecular complexity index is 1330. The van der Waals surface area contributed by atoms with Crippen LogP contribution in [-0.2, 0) is 13.0 Å². The lowest BCUT2D eigenvalue weighted by atomic mass is 9.94. The molecule has 1 amide bonds. The monoisotopic (exact) mass is 455 g/mol. The average Bonchev–Trinajstić information content (AvgIpc) is 3.28. The van der Waals surface area contributed by atoms with Crippen molar-refractivity contribution in [2.45, 2.75) is 64.0 Å². The Labute approximate surface area is 199 Å². The number of aryl methyl sites for hydroxylation is 2. The van der Waals surface area contributed by atoms with Crippen LogP contribution in [0.15, 0.2) is 60.8 Å². The molecule has 1 fully saturated rings. The third kappa shape index (κ3) is 3.64. The van der Waals surface area contributed by atoms with Crippen molar-refractivity contribution in [1.82, 2.24) is 14.3 Å². The van der Waals surface area contributed by atoms with Gasteiger partial charge in [0.25, 0.3) is 5.91 Å². The first kappa shape index (κ1) is 21.2. The molecule has 0 spiro atoms. The van der Waals surface area contributed by atoms with Gasteiger partial charge >= 0.3 is 0 Å². The van der Waals surface area contributed by atoms with Gasteiger partial charge in [-0.3, -0.25) is 9.20 Å². The number of rotatable bonds is 4. The van der Waals surface area contributed by atoms with Gasteiger partial charge in [0.15, 0.2) is 0 Å². The molecule has 1 aliphatic carbocycles. The van der Waals surface area contributed by atoms with Gasteiger partial charge in [0.05, 0.1) is 5.69 Å². The number of hydrogen-bond acceptors (Lipinski definition) is 1. The van der Waals surface area contributed by atoms with Crippen LogP contribution in [0.3, 0.4) is 0 Å². The summed E-state index contributed by atoms with van der Waals surface area (Å²) in [4.78, 5) is 13.9. The number of imidazole rings is 1. The van der Waals surface area contributed by atoms with E-state index in [1.807, 2.05) is 30.3 Å². The van der Waals surface area contributed by atoms with E-state index in [2.05, 4.69) is 32.6 Å². The molecule has 2 aromatic heterocycles. The maximum atomic E-state index is 13.9. The lowest BCUT2D eigenvalue weighted by Crippen LogP contribution is -2.37. The van der Waals surface area contributed by atoms with Crippen LogP contribution in [-0.4, -0.2) is 20.9 Å². The van der Waals surface area contributed by atoms with Crippen LogP contribution in [0.2, 0.25) is 0 Å². The summed E-state index contributed by atoms with van der Waals surface area (Å²) in [5.41, 5.74) is 7.22. The summed E-state index contributed by atoms with van der Waals surface area (Å²) in [6.07, 6.45) is 10.9. The van der Waals surface area contributed by atoms with Crippen LogP contribution in [0.1, 0.15) is 61.0 Å². The number of carbonyl (C=O) groups is 1. The molecule has 4 nitrogen and oxygen atoms in total. The van der Waals surface area contributed by atoms with Crippen LogP contribution in [0.4, 0.5) is 4.39 Å². The highest BCUT2D eigenvalue weighted by Gasteiger charge is 2.30. The molecule has 174 valence electrons. The first-order valence-corrected chi connectivity index (χ1v) is 12.6. The van der Waals surface area contributed by atoms with E-state index in [0.717, 1.165) is 72.4 Å². The zero-order valence-electron chi connectivity index (χ0n) is 19.4. The normalized spacial score (nSPS) is 16.5. The van der Waals surface area contributed by atoms with E-state index in [-0.39, 0.29) is 17.8 Å². The standard InChI is InChI=1S/C29H30FN3O/c30-22-16-14-20(15-17-22)25-19-33-27(28(34)31-23-11-5-2-6-12-23)26(21-9-3-1-4-10-21)24-13-7-8-18-32(25)29(24)33/h1,3-4,9-10,14-17,19,23H,2,5-8,11-13,18H2,(H,31,34). The van der Waals surface area contributed by atoms with E-state index < -0.39 is 0 Å². The zero-order valence-corrected chi connectivity index (χ0v) is 19.4. The van der Waals surface area contributed by atoms with E-state index in [9.17, 15) is 9.18 Å². The highest BCUT2D eigenvalue weighted by molar-refractivity contribution is 6.03. The van der Waals surface area contributed by atoms with Gasteiger partial charge in [0, 0.05) is 29.9 Å². The molecule has 0 unspecified atom stereocenters. The number of benzene rings is 2. The Morgan fingerprint density at radius 2 is 1.65 bits per heavy atom. The third-order valence-electron chi connectivity index (χ3n) is 7.49. The molecule has 34 heavy (non-hydrogen) atoms. The van der Waals surface area contributed by atoms with E-state index in [1.54, 1.807) is 0 Å². The van der Waals surface area contributed by atoms with Gasteiger partial charge in [-0.2, -0.15) is 0 Å². The molecule has 2 aliphatic rings. The second-order valence-electron chi connectivity index (χ2n) is 9.70. The number of amides is 1. The smallest absolute Gasteiger partial charge is 0.269 e. The van der Waals surface area contributed by atoms with E-state index >= 15 is 0 Å². The average molecular weight is 456 g/mol. The summed E-state index contributed by atoms with van der Waals surface area (Å²) in [7, 11) is 0. The van der Waals surface area contributed by atoms with E-state index in [0.29, 0.717) is 0 Å². The second kappa shape index (κ2) is 8.79. The van der Waals surface area contributed by atoms with Gasteiger partial charge in [-0.05, 0) is 67.5 Å². The van der Waals surface area contributed by atoms with Crippen LogP contribution in [0, 0.1) is 5.82 Å². The van der Waals surface area contributed by atoms with Crippen molar-refractivity contribution >= 4 is 11.6 Å². The predicted octanol–water partition coefficient (Wildman–Crippen LogP) is 6.61. The maximum absolute atomic E-state index is 13.9. The second-order valence-corrected chi connectivity index (χ2v) is 9.70. The Hall–Kier alpha value is -3.34. The van der Waals surface area contributed by atoms with Gasteiger partial charge < -0.3 is 9.88 Å². The first-order chi connectivity index (χ1) is 16.7. The topological polar surface area (TPSA) is 38.4 Å². The highest BCUT2D eigenvalue weighted by atomic mass is 19.1. The van der Waals surface area contributed by atoms with E-state index in [1.165, 1.54) is 37.0 Å². The Balaban J connectivity index is 1.57. The van der Waals surface area contributed by atoms with Crippen molar-refractivity contribution in [3.63, 3.8) is 0 Å². The summed E-state index contributed by atoms with van der Waals surface area (Å²) in [6, 6.07) is 17.2. The van der Waals surface area contributed by atoms with Crippen LogP contribution < -0.4 is 5.32 Å². The third-order valence-corrected chi connectivity index (χ3v) is 7.49. The van der Waals surface area contributed by atoms with Gasteiger partial charge in [-0.25, -0.2) is 4.39 Å². The van der Waals surface area contributed by atoms with Gasteiger partial charge in [-0.1, -0.05) is 49.6 Å². The van der Waals surface area contributed by atoms with Crippen molar-refractivity contribution < 1.29 is 9.18 Å². The molecule has 4 aromatic rings. The minimum Gasteiger partial charge on any atom is -0.348 e. The van der Waals surface area contributed by atoms with Gasteiger partial charge in [0.1, 0.15) is 17.2 Å². The van der Waals surface area contributed by atoms with Crippen molar-refractivity contribution in [3.8, 4) is 22.4 Å². The van der Waals surface area contributed by atoms with Crippen LogP contribution in [0.25, 0.3) is 28.0 Å². The molecular formula is C29H30FN3O. The number of nitrogens with one attached hydrogen (secondary N) is 1. The molecule has 1 N–H and O–H groups in total. The number of carbonyl (C=O) groups excluding carboxylic acids is 1. The highest BCUT2D eigenvalue weighted by Crippen LogP contribution is 2.39. The maximum Gasteiger partial charge on any atom is 0.269 e. The molecule has 3 heterocycles. The van der Waals surface area contributed by atoms with Crippen LogP contribution in [0.5, 0.6) is 0 Å². The number of halogens is 1. The molecule has 1 saturated carbocycles. The SMILES string of the molecule is O=C(NC1CCCCC1)c1c(-c2ccccc2)c2c3n(c(-c4ccc(F)cc4)cn13)CCCC2. The molecule has 6 rings (SSSR count). The summed E-state index contributed by atoms with van der Waals surface area (Å²) in [6.45, 7) is 0.887. The van der Waals surface area contributed by atoms with Crippen molar-refractivity contribution in [3.05, 3.63) is 77.9 Å². The fourth-order valence-corrected chi connectivity index (χ4v) is 5.88. The van der Waals surface area contributed by atoms with E-state index in [4.69, 9.17) is 0 Å². The zero-order chi connectivity index (χ0) is 23.1. The largest absolute Gasteiger partial charge is 0.348 e. The summed E-state index contributed by atoms with van der Waals surface area (Å²) >= 11 is 0. The lowest BCUT2D eigenvalue weighted by Gasteiger charge is -2.23. The summed E-state index contributed by atoms with van der Waals surface area (Å²) in [5.74, 6) is -0.229. The summed E-state index contributed by atoms with van der Waals surface area (Å²) in [5, 5.41) is 3.37.